The van der Waals surface area contributed by atoms with Crippen LogP contribution in [-0.4, -0.2) is 29.1 Å². The van der Waals surface area contributed by atoms with E-state index < -0.39 is 0 Å². The maximum absolute atomic E-state index is 13.0. The average molecular weight is 383 g/mol. The molecule has 2 aromatic rings. The topological polar surface area (TPSA) is 63.1 Å². The third-order valence-electron chi connectivity index (χ3n) is 3.73. The number of para-hydroxylation sites is 1. The Morgan fingerprint density at radius 3 is 2.78 bits per heavy atom. The summed E-state index contributed by atoms with van der Waals surface area (Å²) in [6.45, 7) is 4.03. The average Bonchev–Trinajstić information content (AvgIpc) is 3.02. The number of nitrogens with zero attached hydrogens (tertiary/aromatic N) is 2. The number of hydrogen-bond donors (Lipinski definition) is 1. The molecule has 1 saturated heterocycles. The van der Waals surface area contributed by atoms with Gasteiger partial charge in [-0.3, -0.25) is 4.79 Å². The van der Waals surface area contributed by atoms with Crippen LogP contribution in [-0.2, 0) is 11.2 Å². The summed E-state index contributed by atoms with van der Waals surface area (Å²) in [5.74, 6) is 0.253. The van der Waals surface area contributed by atoms with Gasteiger partial charge in [0, 0.05) is 5.56 Å². The summed E-state index contributed by atoms with van der Waals surface area (Å²) in [5, 5.41) is 11.0. The van der Waals surface area contributed by atoms with Crippen molar-refractivity contribution in [3.05, 3.63) is 78.1 Å². The Bertz CT molecular complexity index is 881. The van der Waals surface area contributed by atoms with Gasteiger partial charge in [0.2, 0.25) is 5.91 Å². The van der Waals surface area contributed by atoms with Crippen LogP contribution < -0.4 is 10.1 Å². The van der Waals surface area contributed by atoms with Crippen molar-refractivity contribution in [1.82, 2.24) is 5.32 Å². The van der Waals surface area contributed by atoms with Crippen molar-refractivity contribution in [2.45, 2.75) is 11.7 Å². The van der Waals surface area contributed by atoms with Crippen molar-refractivity contribution in [3.8, 4) is 5.75 Å². The molecule has 1 heterocycles. The third-order valence-corrected chi connectivity index (χ3v) is 4.80. The van der Waals surface area contributed by atoms with Gasteiger partial charge in [0.15, 0.2) is 5.17 Å². The van der Waals surface area contributed by atoms with E-state index in [4.69, 9.17) is 4.74 Å². The highest BCUT2D eigenvalue weighted by Crippen LogP contribution is 2.23. The molecule has 1 unspecified atom stereocenters. The fourth-order valence-electron chi connectivity index (χ4n) is 2.43. The summed E-state index contributed by atoms with van der Waals surface area (Å²) in [6.07, 6.45) is 3.74. The van der Waals surface area contributed by atoms with E-state index in [2.05, 4.69) is 22.1 Å². The quantitative estimate of drug-likeness (QED) is 0.452. The molecule has 1 N–H and O–H groups in total. The summed E-state index contributed by atoms with van der Waals surface area (Å²) in [4.78, 5) is 12.1. The second-order valence-electron chi connectivity index (χ2n) is 5.71. The van der Waals surface area contributed by atoms with Gasteiger partial charge in [-0.15, -0.1) is 5.10 Å². The molecule has 1 aliphatic rings. The first-order chi connectivity index (χ1) is 13.2. The highest BCUT2D eigenvalue weighted by Gasteiger charge is 2.30. The molecule has 27 heavy (non-hydrogen) atoms. The van der Waals surface area contributed by atoms with E-state index >= 15 is 0 Å². The van der Waals surface area contributed by atoms with Crippen LogP contribution >= 0.6 is 11.8 Å². The van der Waals surface area contributed by atoms with Gasteiger partial charge in [0.25, 0.3) is 0 Å². The van der Waals surface area contributed by atoms with E-state index in [1.807, 2.05) is 24.3 Å². The maximum atomic E-state index is 13.0. The highest BCUT2D eigenvalue weighted by molar-refractivity contribution is 8.15. The lowest BCUT2D eigenvalue weighted by Gasteiger charge is -2.05. The minimum Gasteiger partial charge on any atom is -0.489 e. The fraction of sp³-hybridized carbons (Fsp3) is 0.150. The van der Waals surface area contributed by atoms with Crippen molar-refractivity contribution in [2.75, 3.05) is 6.61 Å². The van der Waals surface area contributed by atoms with Crippen LogP contribution in [0.25, 0.3) is 0 Å². The molecule has 0 aromatic heterocycles. The number of ether oxygens (including phenoxy) is 1. The molecule has 138 valence electrons. The van der Waals surface area contributed by atoms with E-state index in [1.165, 1.54) is 23.9 Å². The van der Waals surface area contributed by atoms with E-state index in [1.54, 1.807) is 24.4 Å². The summed E-state index contributed by atoms with van der Waals surface area (Å²) < 4.78 is 18.5. The van der Waals surface area contributed by atoms with Crippen molar-refractivity contribution in [1.29, 1.82) is 0 Å². The van der Waals surface area contributed by atoms with Crippen molar-refractivity contribution >= 4 is 29.1 Å². The van der Waals surface area contributed by atoms with Gasteiger partial charge in [-0.2, -0.15) is 5.10 Å². The zero-order valence-corrected chi connectivity index (χ0v) is 15.3. The molecule has 0 spiro atoms. The Balaban J connectivity index is 1.63. The molecule has 1 atom stereocenters. The van der Waals surface area contributed by atoms with Crippen molar-refractivity contribution in [2.24, 2.45) is 10.2 Å². The first-order valence-electron chi connectivity index (χ1n) is 8.31. The second kappa shape index (κ2) is 9.14. The summed E-state index contributed by atoms with van der Waals surface area (Å²) in [5.41, 5.74) is 1.67. The lowest BCUT2D eigenvalue weighted by atomic mass is 10.1. The molecule has 1 fully saturated rings. The zero-order chi connectivity index (χ0) is 19.1. The van der Waals surface area contributed by atoms with Gasteiger partial charge in [0.05, 0.1) is 11.5 Å². The number of carbonyl (C=O) groups is 1. The lowest BCUT2D eigenvalue weighted by molar-refractivity contribution is -0.118. The Labute approximate surface area is 161 Å². The molecule has 0 aliphatic carbocycles. The molecular formula is C20H18FN3O2S. The molecule has 7 heteroatoms. The van der Waals surface area contributed by atoms with Crippen LogP contribution in [0.3, 0.4) is 0 Å². The van der Waals surface area contributed by atoms with E-state index in [0.29, 0.717) is 23.9 Å². The smallest absolute Gasteiger partial charge is 0.239 e. The Hall–Kier alpha value is -2.93. The van der Waals surface area contributed by atoms with Gasteiger partial charge < -0.3 is 10.1 Å². The molecule has 5 nitrogen and oxygen atoms in total. The Morgan fingerprint density at radius 2 is 2.00 bits per heavy atom. The standard InChI is InChI=1S/C20H18FN3O2S/c1-2-11-26-17-6-4-3-5-15(17)13-22-24-20-23-19(25)18(27-20)12-14-7-9-16(21)10-8-14/h2-10,13,18H,1,11-12H2,(H,23,24,25)/b22-13+. The Morgan fingerprint density at radius 1 is 1.22 bits per heavy atom. The van der Waals surface area contributed by atoms with Crippen LogP contribution in [0.1, 0.15) is 11.1 Å². The summed E-state index contributed by atoms with van der Waals surface area (Å²) in [6, 6.07) is 13.6. The predicted octanol–water partition coefficient (Wildman–Crippen LogP) is 3.55. The fourth-order valence-corrected chi connectivity index (χ4v) is 3.40. The molecule has 1 amide bonds. The van der Waals surface area contributed by atoms with Crippen LogP contribution in [0, 0.1) is 5.82 Å². The predicted molar refractivity (Wildman–Crippen MR) is 107 cm³/mol. The zero-order valence-electron chi connectivity index (χ0n) is 14.5. The minimum atomic E-state index is -0.312. The SMILES string of the molecule is C=CCOc1ccccc1/C=N/N=C1\NC(=O)C(Cc2ccc(F)cc2)S1. The van der Waals surface area contributed by atoms with Gasteiger partial charge in [-0.05, 0) is 36.2 Å². The van der Waals surface area contributed by atoms with Crippen molar-refractivity contribution < 1.29 is 13.9 Å². The first kappa shape index (κ1) is 18.8. The largest absolute Gasteiger partial charge is 0.489 e. The number of hydrogen-bond acceptors (Lipinski definition) is 5. The van der Waals surface area contributed by atoms with Crippen LogP contribution in [0.2, 0.25) is 0 Å². The number of nitrogens with one attached hydrogen (secondary N) is 1. The monoisotopic (exact) mass is 383 g/mol. The van der Waals surface area contributed by atoms with Crippen LogP contribution in [0.4, 0.5) is 4.39 Å². The molecule has 3 rings (SSSR count). The number of benzene rings is 2. The molecule has 2 aromatic carbocycles. The van der Waals surface area contributed by atoms with Gasteiger partial charge >= 0.3 is 0 Å². The van der Waals surface area contributed by atoms with Crippen molar-refractivity contribution in [3.63, 3.8) is 0 Å². The number of amides is 1. The number of amidine groups is 1. The van der Waals surface area contributed by atoms with E-state index in [0.717, 1.165) is 11.1 Å². The third kappa shape index (κ3) is 5.27. The Kier molecular flexibility index (Phi) is 6.38. The second-order valence-corrected chi connectivity index (χ2v) is 6.90. The maximum Gasteiger partial charge on any atom is 0.239 e. The number of halogens is 1. The lowest BCUT2D eigenvalue weighted by Crippen LogP contribution is -2.25. The molecular weight excluding hydrogens is 365 g/mol. The first-order valence-corrected chi connectivity index (χ1v) is 9.19. The van der Waals surface area contributed by atoms with Gasteiger partial charge in [0.1, 0.15) is 18.2 Å². The molecule has 0 saturated carbocycles. The van der Waals surface area contributed by atoms with E-state index in [-0.39, 0.29) is 17.0 Å². The van der Waals surface area contributed by atoms with Gasteiger partial charge in [-0.1, -0.05) is 48.7 Å². The molecule has 0 bridgehead atoms. The van der Waals surface area contributed by atoms with Crippen LogP contribution in [0.15, 0.2) is 71.4 Å². The summed E-state index contributed by atoms with van der Waals surface area (Å²) in [7, 11) is 0. The molecule has 0 radical (unpaired) electrons. The number of carbonyl (C=O) groups excluding carboxylic acids is 1. The van der Waals surface area contributed by atoms with Crippen LogP contribution in [0.5, 0.6) is 5.75 Å². The minimum absolute atomic E-state index is 0.131. The highest BCUT2D eigenvalue weighted by atomic mass is 32.2. The number of rotatable bonds is 7. The van der Waals surface area contributed by atoms with E-state index in [9.17, 15) is 9.18 Å². The number of thioether (sulfide) groups is 1. The molecule has 1 aliphatic heterocycles. The summed E-state index contributed by atoms with van der Waals surface area (Å²) >= 11 is 1.31. The normalized spacial score (nSPS) is 18.0. The van der Waals surface area contributed by atoms with Gasteiger partial charge in [-0.25, -0.2) is 4.39 Å².